The SMILES string of the molecule is Cc1ccc(/C(O)=C2\C(=O)C(=O)N(CCc3ccccc3)[C@@H]2c2ccc(F)cc2)cc1. The van der Waals surface area contributed by atoms with E-state index in [2.05, 4.69) is 0 Å². The molecule has 1 N–H and O–H groups in total. The van der Waals surface area contributed by atoms with Gasteiger partial charge in [0, 0.05) is 12.1 Å². The number of halogens is 1. The third-order valence-corrected chi connectivity index (χ3v) is 5.53. The summed E-state index contributed by atoms with van der Waals surface area (Å²) in [6.07, 6.45) is 0.552. The number of Topliss-reactive ketones (excluding diaryl/α,β-unsaturated/α-hetero) is 1. The number of aryl methyl sites for hydroxylation is 1. The molecule has 0 aromatic heterocycles. The summed E-state index contributed by atoms with van der Waals surface area (Å²) in [6, 6.07) is 21.6. The van der Waals surface area contributed by atoms with Gasteiger partial charge < -0.3 is 10.0 Å². The maximum atomic E-state index is 13.5. The minimum atomic E-state index is -0.786. The number of rotatable bonds is 5. The number of ketones is 1. The van der Waals surface area contributed by atoms with Crippen molar-refractivity contribution in [1.29, 1.82) is 0 Å². The molecular formula is C26H22FNO3. The van der Waals surface area contributed by atoms with Crippen LogP contribution in [0.2, 0.25) is 0 Å². The maximum absolute atomic E-state index is 13.5. The quantitative estimate of drug-likeness (QED) is 0.370. The van der Waals surface area contributed by atoms with Gasteiger partial charge in [-0.3, -0.25) is 9.59 Å². The zero-order valence-corrected chi connectivity index (χ0v) is 17.1. The average Bonchev–Trinajstić information content (AvgIpc) is 3.04. The minimum Gasteiger partial charge on any atom is -0.507 e. The molecule has 1 amide bonds. The maximum Gasteiger partial charge on any atom is 0.295 e. The summed E-state index contributed by atoms with van der Waals surface area (Å²) in [5.41, 5.74) is 3.09. The number of hydrogen-bond donors (Lipinski definition) is 1. The lowest BCUT2D eigenvalue weighted by molar-refractivity contribution is -0.139. The number of hydrogen-bond acceptors (Lipinski definition) is 3. The number of likely N-dealkylation sites (tertiary alicyclic amines) is 1. The number of carbonyl (C=O) groups is 2. The highest BCUT2D eigenvalue weighted by molar-refractivity contribution is 6.46. The molecule has 0 spiro atoms. The van der Waals surface area contributed by atoms with Crippen molar-refractivity contribution >= 4 is 17.4 Å². The van der Waals surface area contributed by atoms with Crippen molar-refractivity contribution in [3.8, 4) is 0 Å². The van der Waals surface area contributed by atoms with Gasteiger partial charge in [0.15, 0.2) is 0 Å². The highest BCUT2D eigenvalue weighted by Gasteiger charge is 2.45. The molecule has 1 fully saturated rings. The van der Waals surface area contributed by atoms with Gasteiger partial charge in [0.2, 0.25) is 0 Å². The Morgan fingerprint density at radius 3 is 2.23 bits per heavy atom. The van der Waals surface area contributed by atoms with Gasteiger partial charge in [-0.1, -0.05) is 72.3 Å². The van der Waals surface area contributed by atoms with Gasteiger partial charge >= 0.3 is 0 Å². The van der Waals surface area contributed by atoms with Crippen molar-refractivity contribution in [1.82, 2.24) is 4.90 Å². The number of carbonyl (C=O) groups excluding carboxylic acids is 2. The fraction of sp³-hybridized carbons (Fsp3) is 0.154. The average molecular weight is 415 g/mol. The van der Waals surface area contributed by atoms with Crippen LogP contribution in [-0.4, -0.2) is 28.2 Å². The zero-order valence-electron chi connectivity index (χ0n) is 17.1. The molecule has 0 aliphatic carbocycles. The Hall–Kier alpha value is -3.73. The second-order valence-electron chi connectivity index (χ2n) is 7.65. The van der Waals surface area contributed by atoms with Crippen LogP contribution in [0.25, 0.3) is 5.76 Å². The Morgan fingerprint density at radius 2 is 1.58 bits per heavy atom. The van der Waals surface area contributed by atoms with Crippen LogP contribution in [0.3, 0.4) is 0 Å². The summed E-state index contributed by atoms with van der Waals surface area (Å²) in [7, 11) is 0. The summed E-state index contributed by atoms with van der Waals surface area (Å²) >= 11 is 0. The molecule has 0 bridgehead atoms. The Morgan fingerprint density at radius 1 is 0.935 bits per heavy atom. The van der Waals surface area contributed by atoms with E-state index in [1.165, 1.54) is 17.0 Å². The monoisotopic (exact) mass is 415 g/mol. The molecular weight excluding hydrogens is 393 g/mol. The van der Waals surface area contributed by atoms with E-state index in [1.807, 2.05) is 49.4 Å². The summed E-state index contributed by atoms with van der Waals surface area (Å²) in [5, 5.41) is 11.0. The summed E-state index contributed by atoms with van der Waals surface area (Å²) in [4.78, 5) is 27.4. The van der Waals surface area contributed by atoms with E-state index in [-0.39, 0.29) is 11.3 Å². The van der Waals surface area contributed by atoms with E-state index in [9.17, 15) is 19.1 Å². The van der Waals surface area contributed by atoms with Gasteiger partial charge in [-0.15, -0.1) is 0 Å². The summed E-state index contributed by atoms with van der Waals surface area (Å²) in [5.74, 6) is -2.04. The van der Waals surface area contributed by atoms with Crippen LogP contribution >= 0.6 is 0 Å². The van der Waals surface area contributed by atoms with E-state index >= 15 is 0 Å². The largest absolute Gasteiger partial charge is 0.507 e. The number of benzene rings is 3. The molecule has 1 saturated heterocycles. The van der Waals surface area contributed by atoms with Crippen LogP contribution < -0.4 is 0 Å². The van der Waals surface area contributed by atoms with Crippen LogP contribution in [0.5, 0.6) is 0 Å². The van der Waals surface area contributed by atoms with Crippen molar-refractivity contribution < 1.29 is 19.1 Å². The highest BCUT2D eigenvalue weighted by Crippen LogP contribution is 2.39. The number of amides is 1. The first-order valence-electron chi connectivity index (χ1n) is 10.1. The molecule has 4 nitrogen and oxygen atoms in total. The van der Waals surface area contributed by atoms with Crippen molar-refractivity contribution in [2.45, 2.75) is 19.4 Å². The van der Waals surface area contributed by atoms with Crippen molar-refractivity contribution in [2.75, 3.05) is 6.54 Å². The van der Waals surface area contributed by atoms with Crippen LogP contribution in [0.4, 0.5) is 4.39 Å². The molecule has 1 aliphatic heterocycles. The molecule has 5 heteroatoms. The summed E-state index contributed by atoms with van der Waals surface area (Å²) < 4.78 is 13.5. The first kappa shape index (κ1) is 20.5. The van der Waals surface area contributed by atoms with E-state index < -0.39 is 23.5 Å². The van der Waals surface area contributed by atoms with Crippen LogP contribution in [-0.2, 0) is 16.0 Å². The topological polar surface area (TPSA) is 57.6 Å². The molecule has 0 saturated carbocycles. The molecule has 1 aliphatic rings. The molecule has 3 aromatic carbocycles. The number of aliphatic hydroxyl groups excluding tert-OH is 1. The molecule has 4 rings (SSSR count). The van der Waals surface area contributed by atoms with E-state index in [1.54, 1.807) is 24.3 Å². The van der Waals surface area contributed by atoms with Crippen LogP contribution in [0.1, 0.15) is 28.3 Å². The predicted octanol–water partition coefficient (Wildman–Crippen LogP) is 4.80. The van der Waals surface area contributed by atoms with Gasteiger partial charge in [-0.05, 0) is 36.6 Å². The minimum absolute atomic E-state index is 0.0218. The van der Waals surface area contributed by atoms with E-state index in [4.69, 9.17) is 0 Å². The Kier molecular flexibility index (Phi) is 5.67. The molecule has 1 atom stereocenters. The summed E-state index contributed by atoms with van der Waals surface area (Å²) in [6.45, 7) is 2.21. The first-order chi connectivity index (χ1) is 15.0. The molecule has 31 heavy (non-hydrogen) atoms. The molecule has 156 valence electrons. The Balaban J connectivity index is 1.78. The predicted molar refractivity (Wildman–Crippen MR) is 117 cm³/mol. The first-order valence-corrected chi connectivity index (χ1v) is 10.1. The van der Waals surface area contributed by atoms with Crippen molar-refractivity contribution in [3.05, 3.63) is 113 Å². The van der Waals surface area contributed by atoms with Crippen LogP contribution in [0.15, 0.2) is 84.4 Å². The van der Waals surface area contributed by atoms with E-state index in [0.717, 1.165) is 11.1 Å². The van der Waals surface area contributed by atoms with E-state index in [0.29, 0.717) is 24.1 Å². The number of nitrogens with zero attached hydrogens (tertiary/aromatic N) is 1. The highest BCUT2D eigenvalue weighted by atomic mass is 19.1. The van der Waals surface area contributed by atoms with Gasteiger partial charge in [0.1, 0.15) is 11.6 Å². The van der Waals surface area contributed by atoms with Crippen molar-refractivity contribution in [2.24, 2.45) is 0 Å². The molecule has 0 unspecified atom stereocenters. The third kappa shape index (κ3) is 4.12. The van der Waals surface area contributed by atoms with Crippen LogP contribution in [0, 0.1) is 12.7 Å². The second-order valence-corrected chi connectivity index (χ2v) is 7.65. The second kappa shape index (κ2) is 8.56. The molecule has 1 heterocycles. The van der Waals surface area contributed by atoms with Gasteiger partial charge in [0.05, 0.1) is 11.6 Å². The lowest BCUT2D eigenvalue weighted by Crippen LogP contribution is -2.31. The van der Waals surface area contributed by atoms with Gasteiger partial charge in [-0.25, -0.2) is 4.39 Å². The zero-order chi connectivity index (χ0) is 22.0. The normalized spacial score (nSPS) is 17.9. The Bertz CT molecular complexity index is 1140. The smallest absolute Gasteiger partial charge is 0.295 e. The lowest BCUT2D eigenvalue weighted by Gasteiger charge is -2.25. The lowest BCUT2D eigenvalue weighted by atomic mass is 9.95. The van der Waals surface area contributed by atoms with Gasteiger partial charge in [-0.2, -0.15) is 0 Å². The van der Waals surface area contributed by atoms with Crippen molar-refractivity contribution in [3.63, 3.8) is 0 Å². The molecule has 0 radical (unpaired) electrons. The fourth-order valence-electron chi connectivity index (χ4n) is 3.86. The molecule has 3 aromatic rings. The Labute approximate surface area is 180 Å². The third-order valence-electron chi connectivity index (χ3n) is 5.53. The van der Waals surface area contributed by atoms with Gasteiger partial charge in [0.25, 0.3) is 11.7 Å². The standard InChI is InChI=1S/C26H22FNO3/c1-17-7-9-20(10-8-17)24(29)22-23(19-11-13-21(27)14-12-19)28(26(31)25(22)30)16-15-18-5-3-2-4-6-18/h2-14,23,29H,15-16H2,1H3/b24-22+/t23-/m1/s1. The fourth-order valence-corrected chi connectivity index (χ4v) is 3.86. The number of aliphatic hydroxyl groups is 1.